The van der Waals surface area contributed by atoms with Crippen molar-refractivity contribution in [3.8, 4) is 5.75 Å². The number of benzene rings is 2. The van der Waals surface area contributed by atoms with Gasteiger partial charge in [0.25, 0.3) is 5.91 Å². The Morgan fingerprint density at radius 3 is 2.26 bits per heavy atom. The van der Waals surface area contributed by atoms with Gasteiger partial charge in [-0.25, -0.2) is 9.97 Å². The van der Waals surface area contributed by atoms with Gasteiger partial charge in [0, 0.05) is 17.1 Å². The maximum atomic E-state index is 12.6. The minimum atomic E-state index is -0.297. The number of nitrogens with one attached hydrogen (secondary N) is 2. The third-order valence-electron chi connectivity index (χ3n) is 4.20. The van der Waals surface area contributed by atoms with Crippen LogP contribution in [0.25, 0.3) is 0 Å². The minimum Gasteiger partial charge on any atom is -0.497 e. The standard InChI is InChI=1S/C21H22N4O2/c1-13-5-6-17(11-14(13)2)24-21-22-15(3)12-19(25-21)20(26)23-16-7-9-18(27-4)10-8-16/h5-12H,1-4H3,(H,23,26)(H,22,24,25). The lowest BCUT2D eigenvalue weighted by Gasteiger charge is -2.10. The molecule has 6 heteroatoms. The maximum absolute atomic E-state index is 12.6. The number of anilines is 3. The van der Waals surface area contributed by atoms with Gasteiger partial charge >= 0.3 is 0 Å². The maximum Gasteiger partial charge on any atom is 0.274 e. The van der Waals surface area contributed by atoms with Gasteiger partial charge in [-0.3, -0.25) is 4.79 Å². The number of hydrogen-bond donors (Lipinski definition) is 2. The van der Waals surface area contributed by atoms with E-state index in [2.05, 4.69) is 27.5 Å². The van der Waals surface area contributed by atoms with E-state index in [0.717, 1.165) is 11.4 Å². The van der Waals surface area contributed by atoms with Gasteiger partial charge in [0.15, 0.2) is 0 Å². The van der Waals surface area contributed by atoms with Crippen molar-refractivity contribution in [1.29, 1.82) is 0 Å². The Bertz CT molecular complexity index is 968. The highest BCUT2D eigenvalue weighted by molar-refractivity contribution is 6.03. The molecule has 0 saturated heterocycles. The topological polar surface area (TPSA) is 76.1 Å². The SMILES string of the molecule is COc1ccc(NC(=O)c2cc(C)nc(Nc3ccc(C)c(C)c3)n2)cc1. The number of amides is 1. The van der Waals surface area contributed by atoms with Crippen LogP contribution in [0.4, 0.5) is 17.3 Å². The summed E-state index contributed by atoms with van der Waals surface area (Å²) in [5, 5.41) is 6.00. The van der Waals surface area contributed by atoms with E-state index in [1.807, 2.05) is 32.0 Å². The smallest absolute Gasteiger partial charge is 0.274 e. The van der Waals surface area contributed by atoms with Crippen molar-refractivity contribution in [2.24, 2.45) is 0 Å². The lowest BCUT2D eigenvalue weighted by Crippen LogP contribution is -2.15. The number of hydrogen-bond acceptors (Lipinski definition) is 5. The fourth-order valence-electron chi connectivity index (χ4n) is 2.56. The average Bonchev–Trinajstić information content (AvgIpc) is 2.65. The summed E-state index contributed by atoms with van der Waals surface area (Å²) in [5.41, 5.74) is 4.93. The molecule has 1 amide bonds. The molecule has 3 rings (SSSR count). The summed E-state index contributed by atoms with van der Waals surface area (Å²) in [4.78, 5) is 21.3. The molecule has 0 unspecified atom stereocenters. The molecule has 2 aromatic carbocycles. The van der Waals surface area contributed by atoms with E-state index in [1.165, 1.54) is 11.1 Å². The van der Waals surface area contributed by atoms with Crippen LogP contribution in [-0.4, -0.2) is 23.0 Å². The fourth-order valence-corrected chi connectivity index (χ4v) is 2.56. The van der Waals surface area contributed by atoms with E-state index in [4.69, 9.17) is 4.74 Å². The lowest BCUT2D eigenvalue weighted by molar-refractivity contribution is 0.102. The normalized spacial score (nSPS) is 10.4. The third-order valence-corrected chi connectivity index (χ3v) is 4.20. The van der Waals surface area contributed by atoms with Gasteiger partial charge in [0.05, 0.1) is 7.11 Å². The number of carbonyl (C=O) groups is 1. The molecule has 2 N–H and O–H groups in total. The molecule has 0 aliphatic carbocycles. The van der Waals surface area contributed by atoms with Crippen LogP contribution in [0.5, 0.6) is 5.75 Å². The van der Waals surface area contributed by atoms with Crippen molar-refractivity contribution < 1.29 is 9.53 Å². The van der Waals surface area contributed by atoms with Crippen molar-refractivity contribution in [2.75, 3.05) is 17.7 Å². The second kappa shape index (κ2) is 7.86. The van der Waals surface area contributed by atoms with E-state index < -0.39 is 0 Å². The summed E-state index contributed by atoms with van der Waals surface area (Å²) in [5.74, 6) is 0.817. The van der Waals surface area contributed by atoms with Gasteiger partial charge in [0.2, 0.25) is 5.95 Å². The molecule has 0 spiro atoms. The Morgan fingerprint density at radius 1 is 0.889 bits per heavy atom. The van der Waals surface area contributed by atoms with E-state index >= 15 is 0 Å². The molecular formula is C21H22N4O2. The second-order valence-corrected chi connectivity index (χ2v) is 6.32. The fraction of sp³-hybridized carbons (Fsp3) is 0.190. The zero-order chi connectivity index (χ0) is 19.4. The number of methoxy groups -OCH3 is 1. The summed E-state index contributed by atoms with van der Waals surface area (Å²) < 4.78 is 5.12. The van der Waals surface area contributed by atoms with Gasteiger partial charge in [-0.1, -0.05) is 6.07 Å². The van der Waals surface area contributed by atoms with Crippen molar-refractivity contribution >= 4 is 23.2 Å². The van der Waals surface area contributed by atoms with Crippen molar-refractivity contribution in [1.82, 2.24) is 9.97 Å². The Labute approximate surface area is 158 Å². The molecule has 3 aromatic rings. The quantitative estimate of drug-likeness (QED) is 0.703. The minimum absolute atomic E-state index is 0.296. The Hall–Kier alpha value is -3.41. The molecule has 0 radical (unpaired) electrons. The zero-order valence-corrected chi connectivity index (χ0v) is 15.8. The first-order valence-electron chi connectivity index (χ1n) is 8.60. The number of aromatic nitrogens is 2. The summed E-state index contributed by atoms with van der Waals surface area (Å²) in [6, 6.07) is 14.8. The Morgan fingerprint density at radius 2 is 1.59 bits per heavy atom. The number of aryl methyl sites for hydroxylation is 3. The zero-order valence-electron chi connectivity index (χ0n) is 15.8. The summed E-state index contributed by atoms with van der Waals surface area (Å²) in [6.45, 7) is 5.94. The van der Waals surface area contributed by atoms with Crippen molar-refractivity contribution in [3.05, 3.63) is 71.0 Å². The number of rotatable bonds is 5. The third kappa shape index (κ3) is 4.61. The first kappa shape index (κ1) is 18.4. The summed E-state index contributed by atoms with van der Waals surface area (Å²) in [7, 11) is 1.60. The van der Waals surface area contributed by atoms with E-state index in [0.29, 0.717) is 23.0 Å². The number of carbonyl (C=O) groups excluding carboxylic acids is 1. The van der Waals surface area contributed by atoms with Crippen LogP contribution in [0.3, 0.4) is 0 Å². The van der Waals surface area contributed by atoms with Gasteiger partial charge < -0.3 is 15.4 Å². The first-order valence-corrected chi connectivity index (χ1v) is 8.60. The van der Waals surface area contributed by atoms with Gasteiger partial charge in [-0.05, 0) is 74.4 Å². The van der Waals surface area contributed by atoms with Crippen LogP contribution < -0.4 is 15.4 Å². The van der Waals surface area contributed by atoms with Gasteiger partial charge in [-0.15, -0.1) is 0 Å². The number of ether oxygens (including phenoxy) is 1. The van der Waals surface area contributed by atoms with Crippen LogP contribution >= 0.6 is 0 Å². The molecule has 27 heavy (non-hydrogen) atoms. The Kier molecular flexibility index (Phi) is 5.35. The van der Waals surface area contributed by atoms with Crippen molar-refractivity contribution in [3.63, 3.8) is 0 Å². The number of nitrogens with zero attached hydrogens (tertiary/aromatic N) is 2. The molecule has 0 aliphatic heterocycles. The highest BCUT2D eigenvalue weighted by Crippen LogP contribution is 2.19. The average molecular weight is 362 g/mol. The van der Waals surface area contributed by atoms with E-state index in [-0.39, 0.29) is 5.91 Å². The highest BCUT2D eigenvalue weighted by Gasteiger charge is 2.11. The van der Waals surface area contributed by atoms with Crippen LogP contribution in [0.2, 0.25) is 0 Å². The second-order valence-electron chi connectivity index (χ2n) is 6.32. The largest absolute Gasteiger partial charge is 0.497 e. The van der Waals surface area contributed by atoms with Crippen LogP contribution in [0.15, 0.2) is 48.5 Å². The predicted octanol–water partition coefficient (Wildman–Crippen LogP) is 4.41. The summed E-state index contributed by atoms with van der Waals surface area (Å²) in [6.07, 6.45) is 0. The molecule has 0 fully saturated rings. The summed E-state index contributed by atoms with van der Waals surface area (Å²) >= 11 is 0. The van der Waals surface area contributed by atoms with Crippen LogP contribution in [-0.2, 0) is 0 Å². The molecule has 0 aliphatic rings. The Balaban J connectivity index is 1.79. The predicted molar refractivity (Wildman–Crippen MR) is 107 cm³/mol. The molecule has 0 atom stereocenters. The highest BCUT2D eigenvalue weighted by atomic mass is 16.5. The molecular weight excluding hydrogens is 340 g/mol. The molecule has 1 heterocycles. The lowest BCUT2D eigenvalue weighted by atomic mass is 10.1. The molecule has 6 nitrogen and oxygen atoms in total. The molecule has 0 saturated carbocycles. The van der Waals surface area contributed by atoms with Gasteiger partial charge in [-0.2, -0.15) is 0 Å². The van der Waals surface area contributed by atoms with E-state index in [1.54, 1.807) is 37.4 Å². The first-order chi connectivity index (χ1) is 12.9. The molecule has 0 bridgehead atoms. The monoisotopic (exact) mass is 362 g/mol. The van der Waals surface area contributed by atoms with E-state index in [9.17, 15) is 4.79 Å². The van der Waals surface area contributed by atoms with Gasteiger partial charge in [0.1, 0.15) is 11.4 Å². The van der Waals surface area contributed by atoms with Crippen LogP contribution in [0.1, 0.15) is 27.3 Å². The molecule has 138 valence electrons. The van der Waals surface area contributed by atoms with Crippen LogP contribution in [0, 0.1) is 20.8 Å². The molecule has 1 aromatic heterocycles. The van der Waals surface area contributed by atoms with Crippen molar-refractivity contribution in [2.45, 2.75) is 20.8 Å².